The van der Waals surface area contributed by atoms with E-state index in [9.17, 15) is 4.79 Å². The molecule has 0 N–H and O–H groups in total. The Morgan fingerprint density at radius 1 is 0.853 bits per heavy atom. The molecule has 0 bridgehead atoms. The highest BCUT2D eigenvalue weighted by Crippen LogP contribution is 2.49. The molecule has 4 rings (SSSR count). The van der Waals surface area contributed by atoms with Crippen LogP contribution in [0.15, 0.2) is 65.7 Å². The maximum absolute atomic E-state index is 13.1. The lowest BCUT2D eigenvalue weighted by atomic mass is 9.80. The Hall–Kier alpha value is -2.99. The quantitative estimate of drug-likeness (QED) is 0.281. The summed E-state index contributed by atoms with van der Waals surface area (Å²) in [6, 6.07) is 18.7. The average molecular weight is 476 g/mol. The number of hydrogen-bond donors (Lipinski definition) is 0. The zero-order chi connectivity index (χ0) is 24.3. The maximum Gasteiger partial charge on any atom is 0.358 e. The van der Waals surface area contributed by atoms with Gasteiger partial charge < -0.3 is 14.5 Å². The molecular formula is C28H33N3O2S. The third-order valence-electron chi connectivity index (χ3n) is 6.72. The number of benzene rings is 2. The molecule has 1 aromatic heterocycles. The molecule has 1 atom stereocenters. The minimum absolute atomic E-state index is 0.384. The second-order valence-corrected chi connectivity index (χ2v) is 9.09. The fourth-order valence-corrected chi connectivity index (χ4v) is 5.59. The molecule has 5 nitrogen and oxygen atoms in total. The second kappa shape index (κ2) is 10.1. The van der Waals surface area contributed by atoms with Crippen molar-refractivity contribution in [3.63, 3.8) is 0 Å². The largest absolute Gasteiger partial charge is 0.439 e. The number of aromatic nitrogens is 1. The van der Waals surface area contributed by atoms with Crippen LogP contribution in [0.3, 0.4) is 0 Å². The van der Waals surface area contributed by atoms with Crippen molar-refractivity contribution in [3.8, 4) is 0 Å². The van der Waals surface area contributed by atoms with E-state index in [1.54, 1.807) is 18.0 Å². The average Bonchev–Trinajstić information content (AvgIpc) is 3.19. The minimum Gasteiger partial charge on any atom is -0.439 e. The molecule has 0 spiro atoms. The molecule has 1 unspecified atom stereocenters. The number of carbonyl (C=O) groups is 1. The summed E-state index contributed by atoms with van der Waals surface area (Å²) >= 11 is 1.67. The lowest BCUT2D eigenvalue weighted by molar-refractivity contribution is 0.0241. The van der Waals surface area contributed by atoms with Gasteiger partial charge in [-0.1, -0.05) is 24.3 Å². The first-order chi connectivity index (χ1) is 16.5. The van der Waals surface area contributed by atoms with Crippen molar-refractivity contribution in [2.75, 3.05) is 42.2 Å². The predicted octanol–water partition coefficient (Wildman–Crippen LogP) is 5.96. The smallest absolute Gasteiger partial charge is 0.358 e. The number of rotatable bonds is 9. The van der Waals surface area contributed by atoms with Crippen molar-refractivity contribution < 1.29 is 9.53 Å². The predicted molar refractivity (Wildman–Crippen MR) is 141 cm³/mol. The normalized spacial score (nSPS) is 16.8. The van der Waals surface area contributed by atoms with Gasteiger partial charge in [-0.15, -0.1) is 11.8 Å². The number of ether oxygens (including phenoxy) is 1. The Kier molecular flexibility index (Phi) is 7.17. The highest BCUT2D eigenvalue weighted by Gasteiger charge is 2.50. The number of thioether (sulfide) groups is 1. The van der Waals surface area contributed by atoms with E-state index < -0.39 is 5.60 Å². The van der Waals surface area contributed by atoms with E-state index in [0.717, 1.165) is 53.5 Å². The molecule has 178 valence electrons. The van der Waals surface area contributed by atoms with Gasteiger partial charge in [-0.3, -0.25) is 0 Å². The molecule has 0 saturated carbocycles. The van der Waals surface area contributed by atoms with Crippen molar-refractivity contribution in [2.45, 2.75) is 38.2 Å². The van der Waals surface area contributed by atoms with Crippen LogP contribution in [0, 0.1) is 0 Å². The Morgan fingerprint density at radius 3 is 2.09 bits per heavy atom. The van der Waals surface area contributed by atoms with Gasteiger partial charge in [0, 0.05) is 65.3 Å². The number of cyclic esters (lactones) is 1. The van der Waals surface area contributed by atoms with Gasteiger partial charge in [0.2, 0.25) is 0 Å². The van der Waals surface area contributed by atoms with Gasteiger partial charge in [-0.05, 0) is 64.3 Å². The Labute approximate surface area is 207 Å². The summed E-state index contributed by atoms with van der Waals surface area (Å²) in [6.07, 6.45) is 3.72. The summed E-state index contributed by atoms with van der Waals surface area (Å²) in [5.41, 5.74) is 4.35. The first-order valence-corrected chi connectivity index (χ1v) is 13.2. The van der Waals surface area contributed by atoms with Crippen molar-refractivity contribution in [3.05, 3.63) is 83.2 Å². The first-order valence-electron chi connectivity index (χ1n) is 12.0. The van der Waals surface area contributed by atoms with E-state index in [-0.39, 0.29) is 5.97 Å². The molecule has 0 amide bonds. The van der Waals surface area contributed by atoms with Crippen LogP contribution in [-0.4, -0.2) is 43.4 Å². The van der Waals surface area contributed by atoms with Crippen LogP contribution in [0.25, 0.3) is 0 Å². The van der Waals surface area contributed by atoms with Gasteiger partial charge in [0.15, 0.2) is 11.3 Å². The van der Waals surface area contributed by atoms with E-state index >= 15 is 0 Å². The Morgan fingerprint density at radius 2 is 1.47 bits per heavy atom. The number of carbonyl (C=O) groups excluding carboxylic acids is 1. The molecule has 0 aliphatic carbocycles. The zero-order valence-electron chi connectivity index (χ0n) is 20.7. The zero-order valence-corrected chi connectivity index (χ0v) is 21.5. The van der Waals surface area contributed by atoms with Gasteiger partial charge in [0.1, 0.15) is 0 Å². The van der Waals surface area contributed by atoms with E-state index in [0.29, 0.717) is 5.69 Å². The SMILES string of the molecule is CCN(CC)c1ccc(C2(c3ccc(N(CC)CC)cc3SC)OC(=O)c3ncccc32)cc1. The van der Waals surface area contributed by atoms with Crippen molar-refractivity contribution in [2.24, 2.45) is 0 Å². The summed E-state index contributed by atoms with van der Waals surface area (Å²) in [7, 11) is 0. The summed E-state index contributed by atoms with van der Waals surface area (Å²) < 4.78 is 6.30. The molecular weight excluding hydrogens is 442 g/mol. The molecule has 0 radical (unpaired) electrons. The van der Waals surface area contributed by atoms with Crippen LogP contribution < -0.4 is 9.80 Å². The monoisotopic (exact) mass is 475 g/mol. The lowest BCUT2D eigenvalue weighted by Crippen LogP contribution is -2.31. The lowest BCUT2D eigenvalue weighted by Gasteiger charge is -2.33. The topological polar surface area (TPSA) is 45.7 Å². The Balaban J connectivity index is 1.94. The fourth-order valence-electron chi connectivity index (χ4n) is 4.92. The molecule has 0 fully saturated rings. The first kappa shape index (κ1) is 24.1. The maximum atomic E-state index is 13.1. The van der Waals surface area contributed by atoms with Crippen molar-refractivity contribution in [1.82, 2.24) is 4.98 Å². The standard InChI is InChI=1S/C28H33N3O2S/c1-6-30(7-2)21-14-12-20(13-15-21)28(24-11-10-18-29-26(24)27(32)33-28)23-17-16-22(19-25(23)34-5)31(8-3)9-4/h10-19H,6-9H2,1-5H3. The highest BCUT2D eigenvalue weighted by atomic mass is 32.2. The molecule has 0 saturated heterocycles. The fraction of sp³-hybridized carbons (Fsp3) is 0.357. The summed E-state index contributed by atoms with van der Waals surface area (Å²) in [4.78, 5) is 23.2. The van der Waals surface area contributed by atoms with Gasteiger partial charge >= 0.3 is 5.97 Å². The van der Waals surface area contributed by atoms with Gasteiger partial charge in [0.25, 0.3) is 0 Å². The van der Waals surface area contributed by atoms with E-state index in [1.165, 1.54) is 5.69 Å². The number of hydrogen-bond acceptors (Lipinski definition) is 6. The van der Waals surface area contributed by atoms with Crippen LogP contribution in [0.4, 0.5) is 11.4 Å². The van der Waals surface area contributed by atoms with E-state index in [1.807, 2.05) is 12.1 Å². The van der Waals surface area contributed by atoms with Crippen LogP contribution in [0.2, 0.25) is 0 Å². The third-order valence-corrected chi connectivity index (χ3v) is 7.50. The van der Waals surface area contributed by atoms with Gasteiger partial charge in [0.05, 0.1) is 0 Å². The molecule has 6 heteroatoms. The highest BCUT2D eigenvalue weighted by molar-refractivity contribution is 7.98. The summed E-state index contributed by atoms with van der Waals surface area (Å²) in [5.74, 6) is -0.386. The summed E-state index contributed by atoms with van der Waals surface area (Å²) in [6.45, 7) is 12.4. The summed E-state index contributed by atoms with van der Waals surface area (Å²) in [5, 5.41) is 0. The van der Waals surface area contributed by atoms with E-state index in [4.69, 9.17) is 4.74 Å². The minimum atomic E-state index is -1.04. The number of anilines is 2. The van der Waals surface area contributed by atoms with Crippen LogP contribution in [0.5, 0.6) is 0 Å². The number of pyridine rings is 1. The van der Waals surface area contributed by atoms with E-state index in [2.05, 4.69) is 91.2 Å². The number of fused-ring (bicyclic) bond motifs is 1. The molecule has 1 aliphatic heterocycles. The molecule has 34 heavy (non-hydrogen) atoms. The van der Waals surface area contributed by atoms with Gasteiger partial charge in [-0.25, -0.2) is 9.78 Å². The molecule has 1 aliphatic rings. The van der Waals surface area contributed by atoms with Crippen LogP contribution >= 0.6 is 11.8 Å². The molecule has 2 heterocycles. The second-order valence-electron chi connectivity index (χ2n) is 8.25. The number of esters is 1. The van der Waals surface area contributed by atoms with Crippen LogP contribution in [-0.2, 0) is 10.3 Å². The third kappa shape index (κ3) is 3.94. The Bertz CT molecular complexity index is 1160. The van der Waals surface area contributed by atoms with Crippen LogP contribution in [0.1, 0.15) is 54.9 Å². The number of nitrogens with zero attached hydrogens (tertiary/aromatic N) is 3. The van der Waals surface area contributed by atoms with Gasteiger partial charge in [-0.2, -0.15) is 0 Å². The molecule has 3 aromatic rings. The van der Waals surface area contributed by atoms with Crippen molar-refractivity contribution >= 4 is 29.1 Å². The van der Waals surface area contributed by atoms with Crippen molar-refractivity contribution in [1.29, 1.82) is 0 Å². The molecule has 2 aromatic carbocycles.